The number of anilines is 1. The molecule has 0 saturated carbocycles. The summed E-state index contributed by atoms with van der Waals surface area (Å²) in [6.07, 6.45) is 0.695. The maximum absolute atomic E-state index is 12.7. The Labute approximate surface area is 129 Å². The van der Waals surface area contributed by atoms with Gasteiger partial charge in [-0.05, 0) is 31.9 Å². The summed E-state index contributed by atoms with van der Waals surface area (Å²) in [6.45, 7) is 3.87. The predicted molar refractivity (Wildman–Crippen MR) is 79.3 cm³/mol. The lowest BCUT2D eigenvalue weighted by Gasteiger charge is -2.21. The van der Waals surface area contributed by atoms with E-state index in [1.54, 1.807) is 19.9 Å². The topological polar surface area (TPSA) is 72.9 Å². The summed E-state index contributed by atoms with van der Waals surface area (Å²) >= 11 is 0. The van der Waals surface area contributed by atoms with Crippen molar-refractivity contribution in [1.29, 1.82) is 0 Å². The molecule has 0 N–H and O–H groups in total. The minimum atomic E-state index is -1.56. The van der Waals surface area contributed by atoms with Crippen LogP contribution < -0.4 is 4.90 Å². The molecule has 0 radical (unpaired) electrons. The van der Waals surface area contributed by atoms with Gasteiger partial charge in [0.05, 0.1) is 13.2 Å². The number of hydrogen-bond donors (Lipinski definition) is 0. The third-order valence-corrected chi connectivity index (χ3v) is 3.44. The van der Waals surface area contributed by atoms with Crippen molar-refractivity contribution in [2.24, 2.45) is 5.92 Å². The van der Waals surface area contributed by atoms with E-state index < -0.39 is 23.8 Å². The lowest BCUT2D eigenvalue weighted by atomic mass is 10.1. The Morgan fingerprint density at radius 1 is 1.09 bits per heavy atom. The summed E-state index contributed by atoms with van der Waals surface area (Å²) in [4.78, 5) is 38.1. The van der Waals surface area contributed by atoms with Gasteiger partial charge in [0.15, 0.2) is 0 Å². The first-order valence-corrected chi connectivity index (χ1v) is 7.32. The fraction of sp³-hybridized carbons (Fsp3) is 0.438. The van der Waals surface area contributed by atoms with Gasteiger partial charge in [-0.2, -0.15) is 0 Å². The molecular formula is C16H19NO5. The fourth-order valence-electron chi connectivity index (χ4n) is 2.47. The average molecular weight is 305 g/mol. The molecule has 1 amide bonds. The van der Waals surface area contributed by atoms with Gasteiger partial charge in [-0.15, -0.1) is 0 Å². The molecule has 1 aliphatic heterocycles. The first-order valence-electron chi connectivity index (χ1n) is 7.32. The molecule has 0 atom stereocenters. The van der Waals surface area contributed by atoms with Crippen molar-refractivity contribution in [3.05, 3.63) is 29.8 Å². The molecule has 2 rings (SSSR count). The second-order valence-corrected chi connectivity index (χ2v) is 4.81. The monoisotopic (exact) mass is 305 g/mol. The Hall–Kier alpha value is -2.37. The molecule has 1 aliphatic rings. The van der Waals surface area contributed by atoms with E-state index in [4.69, 9.17) is 9.47 Å². The molecule has 0 bridgehead atoms. The number of ether oxygens (including phenoxy) is 2. The Morgan fingerprint density at radius 2 is 1.68 bits per heavy atom. The van der Waals surface area contributed by atoms with E-state index in [0.29, 0.717) is 13.0 Å². The van der Waals surface area contributed by atoms with Crippen molar-refractivity contribution in [3.8, 4) is 0 Å². The van der Waals surface area contributed by atoms with Gasteiger partial charge in [-0.1, -0.05) is 18.2 Å². The molecule has 1 aromatic carbocycles. The van der Waals surface area contributed by atoms with E-state index in [9.17, 15) is 14.4 Å². The van der Waals surface area contributed by atoms with Crippen LogP contribution in [-0.2, 0) is 30.3 Å². The van der Waals surface area contributed by atoms with Gasteiger partial charge in [-0.3, -0.25) is 14.4 Å². The second kappa shape index (κ2) is 7.06. The molecular weight excluding hydrogens is 286 g/mol. The summed E-state index contributed by atoms with van der Waals surface area (Å²) in [7, 11) is 0. The maximum Gasteiger partial charge on any atom is 0.330 e. The van der Waals surface area contributed by atoms with Gasteiger partial charge in [0.1, 0.15) is 0 Å². The Kier molecular flexibility index (Phi) is 5.14. The third-order valence-electron chi connectivity index (χ3n) is 3.44. The van der Waals surface area contributed by atoms with Crippen LogP contribution in [0.25, 0.3) is 0 Å². The lowest BCUT2D eigenvalue weighted by molar-refractivity contribution is -0.163. The molecule has 1 aromatic rings. The molecule has 0 spiro atoms. The smallest absolute Gasteiger partial charge is 0.330 e. The molecule has 0 aliphatic carbocycles. The van der Waals surface area contributed by atoms with E-state index >= 15 is 0 Å². The van der Waals surface area contributed by atoms with Gasteiger partial charge < -0.3 is 14.4 Å². The van der Waals surface area contributed by atoms with Crippen LogP contribution in [-0.4, -0.2) is 37.6 Å². The first kappa shape index (κ1) is 16.0. The molecule has 6 nitrogen and oxygen atoms in total. The van der Waals surface area contributed by atoms with Crippen LogP contribution in [0, 0.1) is 5.92 Å². The van der Waals surface area contributed by atoms with Crippen molar-refractivity contribution in [1.82, 2.24) is 0 Å². The van der Waals surface area contributed by atoms with Crippen LogP contribution in [0.4, 0.5) is 5.69 Å². The summed E-state index contributed by atoms with van der Waals surface area (Å²) in [5.74, 6) is -3.89. The van der Waals surface area contributed by atoms with Crippen molar-refractivity contribution in [2.75, 3.05) is 24.7 Å². The zero-order valence-electron chi connectivity index (χ0n) is 12.7. The third kappa shape index (κ3) is 3.10. The number of esters is 2. The highest BCUT2D eigenvalue weighted by Crippen LogP contribution is 2.29. The summed E-state index contributed by atoms with van der Waals surface area (Å²) in [6, 6.07) is 7.43. The molecule has 118 valence electrons. The fourth-order valence-corrected chi connectivity index (χ4v) is 2.47. The quantitative estimate of drug-likeness (QED) is 0.606. The number of benzene rings is 1. The molecule has 0 unspecified atom stereocenters. The standard InChI is InChI=1S/C16H19NO5/c1-3-21-15(19)13(16(20)22-4-2)14(18)17-10-9-11-7-5-6-8-12(11)17/h5-8,13H,3-4,9-10H2,1-2H3. The second-order valence-electron chi connectivity index (χ2n) is 4.81. The van der Waals surface area contributed by atoms with Gasteiger partial charge in [0, 0.05) is 12.2 Å². The van der Waals surface area contributed by atoms with Crippen LogP contribution in [0.1, 0.15) is 19.4 Å². The zero-order chi connectivity index (χ0) is 16.1. The van der Waals surface area contributed by atoms with Gasteiger partial charge in [0.2, 0.25) is 5.92 Å². The largest absolute Gasteiger partial charge is 0.465 e. The highest BCUT2D eigenvalue weighted by Gasteiger charge is 2.41. The predicted octanol–water partition coefficient (Wildman–Crippen LogP) is 1.32. The summed E-state index contributed by atoms with van der Waals surface area (Å²) in [5.41, 5.74) is 1.74. The Balaban J connectivity index is 2.26. The lowest BCUT2D eigenvalue weighted by Crippen LogP contribution is -2.44. The number of carbonyl (C=O) groups is 3. The van der Waals surface area contributed by atoms with E-state index in [-0.39, 0.29) is 13.2 Å². The van der Waals surface area contributed by atoms with Crippen molar-refractivity contribution < 1.29 is 23.9 Å². The summed E-state index contributed by atoms with van der Waals surface area (Å²) < 4.78 is 9.71. The molecule has 22 heavy (non-hydrogen) atoms. The minimum absolute atomic E-state index is 0.0958. The maximum atomic E-state index is 12.7. The van der Waals surface area contributed by atoms with Gasteiger partial charge in [0.25, 0.3) is 5.91 Å². The van der Waals surface area contributed by atoms with Gasteiger partial charge >= 0.3 is 11.9 Å². The minimum Gasteiger partial charge on any atom is -0.465 e. The molecule has 6 heteroatoms. The number of hydrogen-bond acceptors (Lipinski definition) is 5. The normalized spacial score (nSPS) is 13.0. The number of amides is 1. The number of para-hydroxylation sites is 1. The van der Waals surface area contributed by atoms with Crippen LogP contribution in [0.15, 0.2) is 24.3 Å². The first-order chi connectivity index (χ1) is 10.6. The van der Waals surface area contributed by atoms with Crippen molar-refractivity contribution in [2.45, 2.75) is 20.3 Å². The van der Waals surface area contributed by atoms with Crippen LogP contribution in [0.5, 0.6) is 0 Å². The molecule has 1 heterocycles. The van der Waals surface area contributed by atoms with E-state index in [2.05, 4.69) is 0 Å². The number of fused-ring (bicyclic) bond motifs is 1. The number of carbonyl (C=O) groups excluding carboxylic acids is 3. The SMILES string of the molecule is CCOC(=O)C(C(=O)OCC)C(=O)N1CCc2ccccc21. The van der Waals surface area contributed by atoms with Crippen molar-refractivity contribution >= 4 is 23.5 Å². The van der Waals surface area contributed by atoms with Crippen LogP contribution >= 0.6 is 0 Å². The van der Waals surface area contributed by atoms with Crippen LogP contribution in [0.2, 0.25) is 0 Å². The number of nitrogens with zero attached hydrogens (tertiary/aromatic N) is 1. The van der Waals surface area contributed by atoms with E-state index in [0.717, 1.165) is 11.3 Å². The number of rotatable bonds is 5. The summed E-state index contributed by atoms with van der Waals surface area (Å²) in [5, 5.41) is 0. The van der Waals surface area contributed by atoms with Crippen LogP contribution in [0.3, 0.4) is 0 Å². The Bertz CT molecular complexity index is 566. The van der Waals surface area contributed by atoms with Crippen molar-refractivity contribution in [3.63, 3.8) is 0 Å². The average Bonchev–Trinajstić information content (AvgIpc) is 2.92. The highest BCUT2D eigenvalue weighted by molar-refractivity contribution is 6.19. The molecule has 0 saturated heterocycles. The van der Waals surface area contributed by atoms with Gasteiger partial charge in [-0.25, -0.2) is 0 Å². The molecule has 0 fully saturated rings. The van der Waals surface area contributed by atoms with E-state index in [1.807, 2.05) is 18.2 Å². The molecule has 0 aromatic heterocycles. The Morgan fingerprint density at radius 3 is 2.27 bits per heavy atom. The van der Waals surface area contributed by atoms with E-state index in [1.165, 1.54) is 4.90 Å². The highest BCUT2D eigenvalue weighted by atomic mass is 16.6. The zero-order valence-corrected chi connectivity index (χ0v) is 12.7.